The van der Waals surface area contributed by atoms with Gasteiger partial charge in [-0.15, -0.1) is 0 Å². The summed E-state index contributed by atoms with van der Waals surface area (Å²) in [6, 6.07) is 8.33. The summed E-state index contributed by atoms with van der Waals surface area (Å²) >= 11 is 1.49. The molecule has 14 heteroatoms. The minimum Gasteiger partial charge on any atom is -0.478 e. The number of hydrogen-bond donors (Lipinski definition) is 4. The number of hydrogen-bond acceptors (Lipinski definition) is 9. The van der Waals surface area contributed by atoms with Crippen LogP contribution in [0.1, 0.15) is 13.8 Å². The lowest BCUT2D eigenvalue weighted by Crippen LogP contribution is -2.61. The molecule has 0 aliphatic carbocycles. The number of amides is 1. The largest absolute Gasteiger partial charge is 0.478 e. The van der Waals surface area contributed by atoms with Crippen LogP contribution in [0.4, 0.5) is 0 Å². The predicted octanol–water partition coefficient (Wildman–Crippen LogP) is 1.98. The second-order valence-electron chi connectivity index (χ2n) is 7.71. The molecule has 1 saturated heterocycles. The fourth-order valence-corrected chi connectivity index (χ4v) is 6.33. The number of nitrogens with one attached hydrogen (secondary N) is 1. The van der Waals surface area contributed by atoms with Crippen LogP contribution in [-0.2, 0) is 24.4 Å². The van der Waals surface area contributed by atoms with Gasteiger partial charge in [-0.05, 0) is 50.2 Å². The number of carbonyl (C=O) groups excluding carboxylic acids is 1. The number of sulfonamides is 1. The van der Waals surface area contributed by atoms with Crippen molar-refractivity contribution in [2.45, 2.75) is 29.5 Å². The Morgan fingerprint density at radius 1 is 1.06 bits per heavy atom. The third-order valence-corrected chi connectivity index (χ3v) is 8.01. The van der Waals surface area contributed by atoms with Gasteiger partial charge in [0.1, 0.15) is 17.5 Å². The van der Waals surface area contributed by atoms with Gasteiger partial charge in [0, 0.05) is 41.6 Å². The van der Waals surface area contributed by atoms with Crippen molar-refractivity contribution >= 4 is 39.6 Å². The summed E-state index contributed by atoms with van der Waals surface area (Å²) in [5.74, 6) is -1.66. The maximum Gasteiger partial charge on any atom is 0.328 e. The van der Waals surface area contributed by atoms with E-state index in [0.29, 0.717) is 29.4 Å². The van der Waals surface area contributed by atoms with Crippen LogP contribution in [0.25, 0.3) is 0 Å². The first-order valence-corrected chi connectivity index (χ1v) is 12.7. The molecule has 1 aromatic carbocycles. The van der Waals surface area contributed by atoms with Gasteiger partial charge in [0.05, 0.1) is 4.90 Å². The summed E-state index contributed by atoms with van der Waals surface area (Å²) in [6.07, 6.45) is 4.30. The van der Waals surface area contributed by atoms with Crippen LogP contribution in [0.3, 0.4) is 0 Å². The molecule has 2 aromatic rings. The van der Waals surface area contributed by atoms with E-state index in [1.807, 2.05) is 0 Å². The fraction of sp³-hybridized carbons (Fsp3) is 0.273. The van der Waals surface area contributed by atoms with Crippen molar-refractivity contribution in [3.05, 3.63) is 60.9 Å². The van der Waals surface area contributed by atoms with E-state index in [-0.39, 0.29) is 11.4 Å². The van der Waals surface area contributed by atoms with Gasteiger partial charge in [-0.25, -0.2) is 23.5 Å². The van der Waals surface area contributed by atoms with Crippen LogP contribution in [0, 0.1) is 0 Å². The fourth-order valence-electron chi connectivity index (χ4n) is 3.22. The van der Waals surface area contributed by atoms with E-state index in [9.17, 15) is 22.8 Å². The molecule has 0 radical (unpaired) electrons. The van der Waals surface area contributed by atoms with Crippen molar-refractivity contribution in [2.75, 3.05) is 12.3 Å². The molecular weight excluding hydrogens is 514 g/mol. The van der Waals surface area contributed by atoms with Gasteiger partial charge >= 0.3 is 11.9 Å². The maximum atomic E-state index is 13.2. The molecule has 0 unspecified atom stereocenters. The highest BCUT2D eigenvalue weighted by molar-refractivity contribution is 8.00. The molecule has 4 N–H and O–H groups in total. The number of aromatic nitrogens is 1. The Hall–Kier alpha value is -3.46. The molecule has 12 nitrogen and oxygen atoms in total. The van der Waals surface area contributed by atoms with E-state index >= 15 is 0 Å². The lowest BCUT2D eigenvalue weighted by atomic mass is 10.0. The Kier molecular flexibility index (Phi) is 9.98. The van der Waals surface area contributed by atoms with Crippen LogP contribution in [0.2, 0.25) is 0 Å². The number of carboxylic acids is 2. The van der Waals surface area contributed by atoms with Gasteiger partial charge < -0.3 is 14.9 Å². The second-order valence-corrected chi connectivity index (χ2v) is 11.4. The number of aliphatic carboxylic acids is 2. The van der Waals surface area contributed by atoms with Crippen LogP contribution in [-0.4, -0.2) is 74.1 Å². The molecule has 0 spiro atoms. The summed E-state index contributed by atoms with van der Waals surface area (Å²) < 4.78 is 32.5. The maximum absolute atomic E-state index is 13.2. The average molecular weight is 540 g/mol. The van der Waals surface area contributed by atoms with Gasteiger partial charge in [-0.2, -0.15) is 16.1 Å². The Morgan fingerprint density at radius 3 is 2.08 bits per heavy atom. The molecule has 1 aromatic heterocycles. The molecule has 1 fully saturated rings. The minimum absolute atomic E-state index is 0.0491. The van der Waals surface area contributed by atoms with Crippen LogP contribution in [0.5, 0.6) is 11.5 Å². The highest BCUT2D eigenvalue weighted by atomic mass is 32.2. The van der Waals surface area contributed by atoms with E-state index in [1.54, 1.807) is 56.0 Å². The summed E-state index contributed by atoms with van der Waals surface area (Å²) in [6.45, 7) is 3.74. The number of rotatable bonds is 7. The lowest BCUT2D eigenvalue weighted by molar-refractivity contribution is -0.134. The number of carboxylic acid groups (broad SMARTS) is 2. The molecule has 3 rings (SSSR count). The third kappa shape index (κ3) is 7.78. The van der Waals surface area contributed by atoms with Gasteiger partial charge in [-0.1, -0.05) is 0 Å². The highest BCUT2D eigenvalue weighted by Gasteiger charge is 2.48. The molecular formula is C22H25N3O9S2. The highest BCUT2D eigenvalue weighted by Crippen LogP contribution is 2.38. The standard InChI is InChI=1S/C18H21N3O5S2.C4H4O4/c1-18(2)16(17(22)20-23)21(11-12-27-18)28(24,25)15-5-3-13(4-6-15)26-14-7-9-19-10-8-14;5-3(6)1-2-4(7)8/h3-10,16,23H,11-12H2,1-2H3,(H,20,22);1-2H,(H,5,6)(H,7,8)/b;2-1-/t16-;/m0./s1. The second kappa shape index (κ2) is 12.5. The molecule has 1 atom stereocenters. The molecule has 36 heavy (non-hydrogen) atoms. The lowest BCUT2D eigenvalue weighted by Gasteiger charge is -2.43. The zero-order valence-corrected chi connectivity index (χ0v) is 20.9. The predicted molar refractivity (Wildman–Crippen MR) is 129 cm³/mol. The first-order chi connectivity index (χ1) is 16.9. The molecule has 1 aliphatic rings. The Labute approximate surface area is 211 Å². The van der Waals surface area contributed by atoms with Crippen LogP contribution >= 0.6 is 11.8 Å². The van der Waals surface area contributed by atoms with E-state index in [2.05, 4.69) is 4.98 Å². The van der Waals surface area contributed by atoms with Crippen molar-refractivity contribution in [1.82, 2.24) is 14.8 Å². The number of hydroxylamine groups is 1. The van der Waals surface area contributed by atoms with Crippen molar-refractivity contribution in [3.8, 4) is 11.5 Å². The first kappa shape index (κ1) is 28.8. The zero-order chi connectivity index (χ0) is 26.9. The molecule has 1 aliphatic heterocycles. The average Bonchev–Trinajstić information content (AvgIpc) is 2.83. The van der Waals surface area contributed by atoms with Gasteiger partial charge in [0.15, 0.2) is 0 Å². The topological polar surface area (TPSA) is 183 Å². The van der Waals surface area contributed by atoms with E-state index < -0.39 is 38.7 Å². The summed E-state index contributed by atoms with van der Waals surface area (Å²) in [4.78, 5) is 35.3. The quantitative estimate of drug-likeness (QED) is 0.229. The number of thioether (sulfide) groups is 1. The Bertz CT molecular complexity index is 1190. The zero-order valence-electron chi connectivity index (χ0n) is 19.3. The Morgan fingerprint density at radius 2 is 1.58 bits per heavy atom. The first-order valence-electron chi connectivity index (χ1n) is 10.3. The van der Waals surface area contributed by atoms with Crippen molar-refractivity contribution in [1.29, 1.82) is 0 Å². The Balaban J connectivity index is 0.000000493. The number of pyridine rings is 1. The van der Waals surface area contributed by atoms with Crippen LogP contribution < -0.4 is 10.2 Å². The SMILES string of the molecule is CC1(C)SCCN(S(=O)(=O)c2ccc(Oc3ccncc3)cc2)[C@H]1C(=O)NO.O=C(O)/C=C\C(=O)O. The number of carbonyl (C=O) groups is 3. The molecule has 1 amide bonds. The summed E-state index contributed by atoms with van der Waals surface area (Å²) in [7, 11) is -3.94. The number of nitrogens with zero attached hydrogens (tertiary/aromatic N) is 2. The van der Waals surface area contributed by atoms with Gasteiger partial charge in [-0.3, -0.25) is 15.0 Å². The van der Waals surface area contributed by atoms with Crippen LogP contribution in [0.15, 0.2) is 65.8 Å². The molecule has 2 heterocycles. The van der Waals surface area contributed by atoms with E-state index in [1.165, 1.54) is 23.9 Å². The normalized spacial score (nSPS) is 17.5. The van der Waals surface area contributed by atoms with E-state index in [4.69, 9.17) is 20.2 Å². The van der Waals surface area contributed by atoms with Gasteiger partial charge in [0.2, 0.25) is 10.0 Å². The molecule has 0 saturated carbocycles. The monoisotopic (exact) mass is 539 g/mol. The summed E-state index contributed by atoms with van der Waals surface area (Å²) in [5.41, 5.74) is 1.60. The molecule has 0 bridgehead atoms. The van der Waals surface area contributed by atoms with Crippen molar-refractivity contribution in [2.24, 2.45) is 0 Å². The van der Waals surface area contributed by atoms with Crippen molar-refractivity contribution < 1.29 is 43.0 Å². The summed E-state index contributed by atoms with van der Waals surface area (Å²) in [5, 5.41) is 24.7. The smallest absolute Gasteiger partial charge is 0.328 e. The van der Waals surface area contributed by atoms with E-state index in [0.717, 1.165) is 4.31 Å². The number of benzene rings is 1. The molecule has 194 valence electrons. The van der Waals surface area contributed by atoms with Crippen molar-refractivity contribution in [3.63, 3.8) is 0 Å². The third-order valence-electron chi connectivity index (χ3n) is 4.78. The number of ether oxygens (including phenoxy) is 1. The van der Waals surface area contributed by atoms with Gasteiger partial charge in [0.25, 0.3) is 5.91 Å². The minimum atomic E-state index is -3.94.